The van der Waals surface area contributed by atoms with E-state index in [1.54, 1.807) is 0 Å². The summed E-state index contributed by atoms with van der Waals surface area (Å²) in [5, 5.41) is 0. The third-order valence-electron chi connectivity index (χ3n) is 4.28. The number of nitrogens with zero attached hydrogens (tertiary/aromatic N) is 3. The van der Waals surface area contributed by atoms with Crippen LogP contribution < -0.4 is 9.21 Å². The second kappa shape index (κ2) is 7.01. The smallest absolute Gasteiger partial charge is 0.264 e. The van der Waals surface area contributed by atoms with E-state index in [0.717, 1.165) is 18.8 Å². The lowest BCUT2D eigenvalue weighted by molar-refractivity contribution is 0.413. The minimum atomic E-state index is -3.72. The molecule has 134 valence electrons. The topological polar surface area (TPSA) is 43.9 Å². The minimum Gasteiger partial charge on any atom is -0.367 e. The van der Waals surface area contributed by atoms with E-state index in [9.17, 15) is 12.8 Å². The molecule has 1 heterocycles. The van der Waals surface area contributed by atoms with Crippen molar-refractivity contribution in [1.29, 1.82) is 0 Å². The highest BCUT2D eigenvalue weighted by Gasteiger charge is 2.31. The van der Waals surface area contributed by atoms with E-state index in [0.29, 0.717) is 18.8 Å². The van der Waals surface area contributed by atoms with Gasteiger partial charge >= 0.3 is 0 Å². The zero-order valence-electron chi connectivity index (χ0n) is 14.4. The fourth-order valence-corrected chi connectivity index (χ4v) is 4.40. The Balaban J connectivity index is 1.95. The number of sulfonamides is 1. The van der Waals surface area contributed by atoms with Gasteiger partial charge in [-0.3, -0.25) is 4.31 Å². The number of halogens is 1. The van der Waals surface area contributed by atoms with Gasteiger partial charge in [-0.1, -0.05) is 12.1 Å². The van der Waals surface area contributed by atoms with Gasteiger partial charge in [0.15, 0.2) is 0 Å². The molecule has 0 aliphatic carbocycles. The summed E-state index contributed by atoms with van der Waals surface area (Å²) in [7, 11) is 0.313. The zero-order chi connectivity index (χ0) is 18.0. The normalized spacial score (nSPS) is 14.7. The van der Waals surface area contributed by atoms with Crippen LogP contribution in [-0.4, -0.2) is 53.6 Å². The molecule has 25 heavy (non-hydrogen) atoms. The molecular weight excluding hydrogens is 341 g/mol. The third kappa shape index (κ3) is 3.62. The first-order valence-corrected chi connectivity index (χ1v) is 9.60. The van der Waals surface area contributed by atoms with Crippen molar-refractivity contribution in [3.05, 3.63) is 54.3 Å². The fraction of sp³-hybridized carbons (Fsp3) is 0.333. The van der Waals surface area contributed by atoms with Crippen LogP contribution in [0.4, 0.5) is 15.8 Å². The summed E-state index contributed by atoms with van der Waals surface area (Å²) in [5.74, 6) is -0.451. The van der Waals surface area contributed by atoms with Crippen LogP contribution in [0.25, 0.3) is 0 Å². The Labute approximate surface area is 148 Å². The molecule has 0 saturated carbocycles. The molecular formula is C18H22FN3O2S. The number of rotatable bonds is 5. The first-order valence-electron chi connectivity index (χ1n) is 8.16. The van der Waals surface area contributed by atoms with E-state index in [1.165, 1.54) is 28.6 Å². The van der Waals surface area contributed by atoms with Gasteiger partial charge in [-0.15, -0.1) is 0 Å². The standard InChI is InChI=1S/C18H22FN3O2S/c1-20(2)11-12-21-13-14-22(18-6-4-3-5-17(18)21)25(23,24)16-9-7-15(19)8-10-16/h3-10H,11-14H2,1-2H3. The van der Waals surface area contributed by atoms with Crippen LogP contribution in [0, 0.1) is 5.82 Å². The lowest BCUT2D eigenvalue weighted by Gasteiger charge is -2.38. The maximum absolute atomic E-state index is 13.1. The summed E-state index contributed by atoms with van der Waals surface area (Å²) in [5.41, 5.74) is 1.57. The van der Waals surface area contributed by atoms with Gasteiger partial charge in [-0.2, -0.15) is 0 Å². The lowest BCUT2D eigenvalue weighted by atomic mass is 10.2. The SMILES string of the molecule is CN(C)CCN1CCN(S(=O)(=O)c2ccc(F)cc2)c2ccccc21. The molecule has 0 saturated heterocycles. The molecule has 0 fully saturated rings. The quantitative estimate of drug-likeness (QED) is 0.818. The molecule has 7 heteroatoms. The largest absolute Gasteiger partial charge is 0.367 e. The number of hydrogen-bond acceptors (Lipinski definition) is 4. The van der Waals surface area contributed by atoms with Crippen LogP contribution in [0.15, 0.2) is 53.4 Å². The van der Waals surface area contributed by atoms with Gasteiger partial charge in [-0.05, 0) is 50.5 Å². The maximum atomic E-state index is 13.1. The zero-order valence-corrected chi connectivity index (χ0v) is 15.2. The summed E-state index contributed by atoms with van der Waals surface area (Å²) in [6.07, 6.45) is 0. The molecule has 2 aromatic carbocycles. The maximum Gasteiger partial charge on any atom is 0.264 e. The average Bonchev–Trinajstić information content (AvgIpc) is 2.59. The van der Waals surface area contributed by atoms with E-state index < -0.39 is 15.8 Å². The molecule has 2 aromatic rings. The van der Waals surface area contributed by atoms with Crippen LogP contribution in [0.2, 0.25) is 0 Å². The number of anilines is 2. The first-order chi connectivity index (χ1) is 11.9. The van der Waals surface area contributed by atoms with Gasteiger partial charge in [-0.25, -0.2) is 12.8 Å². The Hall–Kier alpha value is -2.12. The number of para-hydroxylation sites is 2. The number of hydrogen-bond donors (Lipinski definition) is 0. The van der Waals surface area contributed by atoms with E-state index in [-0.39, 0.29) is 4.90 Å². The van der Waals surface area contributed by atoms with Crippen molar-refractivity contribution in [3.63, 3.8) is 0 Å². The molecule has 0 amide bonds. The average molecular weight is 363 g/mol. The fourth-order valence-electron chi connectivity index (χ4n) is 2.93. The third-order valence-corrected chi connectivity index (χ3v) is 6.11. The second-order valence-electron chi connectivity index (χ2n) is 6.31. The molecule has 3 rings (SSSR count). The van der Waals surface area contributed by atoms with E-state index >= 15 is 0 Å². The van der Waals surface area contributed by atoms with Gasteiger partial charge in [0.2, 0.25) is 0 Å². The van der Waals surface area contributed by atoms with Gasteiger partial charge < -0.3 is 9.80 Å². The van der Waals surface area contributed by atoms with Crippen molar-refractivity contribution < 1.29 is 12.8 Å². The number of benzene rings is 2. The Morgan fingerprint density at radius 2 is 1.64 bits per heavy atom. The molecule has 0 radical (unpaired) electrons. The van der Waals surface area contributed by atoms with E-state index in [2.05, 4.69) is 9.80 Å². The summed E-state index contributed by atoms with van der Waals surface area (Å²) in [4.78, 5) is 4.40. The van der Waals surface area contributed by atoms with E-state index in [1.807, 2.05) is 38.4 Å². The van der Waals surface area contributed by atoms with Crippen LogP contribution in [0.5, 0.6) is 0 Å². The molecule has 0 spiro atoms. The second-order valence-corrected chi connectivity index (χ2v) is 8.17. The number of likely N-dealkylation sites (N-methyl/N-ethyl adjacent to an activating group) is 1. The van der Waals surface area contributed by atoms with Gasteiger partial charge in [0.1, 0.15) is 5.82 Å². The van der Waals surface area contributed by atoms with Crippen LogP contribution in [0.1, 0.15) is 0 Å². The first kappa shape index (κ1) is 17.7. The molecule has 1 aliphatic rings. The molecule has 0 N–H and O–H groups in total. The Kier molecular flexibility index (Phi) is 4.96. The molecule has 0 atom stereocenters. The summed E-state index contributed by atoms with van der Waals surface area (Å²) in [6, 6.07) is 12.5. The van der Waals surface area contributed by atoms with Crippen molar-refractivity contribution in [2.24, 2.45) is 0 Å². The van der Waals surface area contributed by atoms with Crippen molar-refractivity contribution in [2.75, 3.05) is 49.5 Å². The molecule has 0 unspecified atom stereocenters. The molecule has 0 bridgehead atoms. The monoisotopic (exact) mass is 363 g/mol. The Morgan fingerprint density at radius 1 is 1.00 bits per heavy atom. The van der Waals surface area contributed by atoms with Crippen LogP contribution in [-0.2, 0) is 10.0 Å². The highest BCUT2D eigenvalue weighted by Crippen LogP contribution is 2.36. The predicted octanol–water partition coefficient (Wildman–Crippen LogP) is 2.40. The highest BCUT2D eigenvalue weighted by molar-refractivity contribution is 7.92. The van der Waals surface area contributed by atoms with Gasteiger partial charge in [0.05, 0.1) is 22.8 Å². The van der Waals surface area contributed by atoms with Crippen molar-refractivity contribution in [1.82, 2.24) is 4.90 Å². The molecule has 5 nitrogen and oxygen atoms in total. The van der Waals surface area contributed by atoms with Gasteiger partial charge in [0.25, 0.3) is 10.0 Å². The predicted molar refractivity (Wildman–Crippen MR) is 98.1 cm³/mol. The lowest BCUT2D eigenvalue weighted by Crippen LogP contribution is -2.45. The summed E-state index contributed by atoms with van der Waals surface area (Å²) >= 11 is 0. The highest BCUT2D eigenvalue weighted by atomic mass is 32.2. The van der Waals surface area contributed by atoms with Gasteiger partial charge in [0, 0.05) is 19.6 Å². The van der Waals surface area contributed by atoms with Crippen molar-refractivity contribution in [3.8, 4) is 0 Å². The van der Waals surface area contributed by atoms with Crippen LogP contribution >= 0.6 is 0 Å². The Morgan fingerprint density at radius 3 is 2.28 bits per heavy atom. The van der Waals surface area contributed by atoms with Crippen molar-refractivity contribution >= 4 is 21.4 Å². The summed E-state index contributed by atoms with van der Waals surface area (Å²) in [6.45, 7) is 2.70. The minimum absolute atomic E-state index is 0.102. The Bertz CT molecular complexity index is 838. The molecule has 0 aromatic heterocycles. The summed E-state index contributed by atoms with van der Waals surface area (Å²) < 4.78 is 40.6. The molecule has 1 aliphatic heterocycles. The van der Waals surface area contributed by atoms with Crippen LogP contribution in [0.3, 0.4) is 0 Å². The number of fused-ring (bicyclic) bond motifs is 1. The van der Waals surface area contributed by atoms with Crippen molar-refractivity contribution in [2.45, 2.75) is 4.90 Å². The van der Waals surface area contributed by atoms with E-state index in [4.69, 9.17) is 0 Å².